The number of nitrogens with zero attached hydrogens (tertiary/aromatic N) is 2. The maximum absolute atomic E-state index is 12.2. The normalized spacial score (nSPS) is 16.7. The number of fused-ring (bicyclic) bond motifs is 1. The first-order valence-electron chi connectivity index (χ1n) is 7.93. The number of carbonyl (C=O) groups is 2. The van der Waals surface area contributed by atoms with Crippen LogP contribution in [0.5, 0.6) is 5.75 Å². The van der Waals surface area contributed by atoms with Crippen LogP contribution >= 0.6 is 0 Å². The van der Waals surface area contributed by atoms with Gasteiger partial charge in [-0.05, 0) is 31.2 Å². The molecule has 0 saturated carbocycles. The van der Waals surface area contributed by atoms with Gasteiger partial charge in [0.05, 0.1) is 6.04 Å². The molecule has 0 saturated heterocycles. The Kier molecular flexibility index (Phi) is 4.55. The highest BCUT2D eigenvalue weighted by atomic mass is 16.5. The van der Waals surface area contributed by atoms with Gasteiger partial charge < -0.3 is 19.5 Å². The molecule has 126 valence electrons. The highest BCUT2D eigenvalue weighted by Crippen LogP contribution is 2.16. The van der Waals surface area contributed by atoms with Crippen LogP contribution in [-0.2, 0) is 11.3 Å². The van der Waals surface area contributed by atoms with Crippen LogP contribution in [0.1, 0.15) is 16.1 Å². The van der Waals surface area contributed by atoms with Crippen LogP contribution in [0, 0.1) is 6.92 Å². The molecule has 1 aromatic heterocycles. The molecular weight excluding hydrogens is 306 g/mol. The Morgan fingerprint density at radius 3 is 2.79 bits per heavy atom. The molecule has 6 heteroatoms. The molecule has 0 aliphatic carbocycles. The number of carbonyl (C=O) groups excluding carboxylic acids is 2. The first kappa shape index (κ1) is 16.1. The van der Waals surface area contributed by atoms with Crippen molar-refractivity contribution in [2.24, 2.45) is 0 Å². The highest BCUT2D eigenvalue weighted by molar-refractivity contribution is 5.93. The summed E-state index contributed by atoms with van der Waals surface area (Å²) in [5.41, 5.74) is 1.82. The summed E-state index contributed by atoms with van der Waals surface area (Å²) in [6.07, 6.45) is 1.88. The van der Waals surface area contributed by atoms with Crippen LogP contribution in [-0.4, -0.2) is 47.5 Å². The number of ether oxygens (including phenoxy) is 1. The van der Waals surface area contributed by atoms with E-state index in [9.17, 15) is 9.59 Å². The number of nitrogens with one attached hydrogen (secondary N) is 1. The van der Waals surface area contributed by atoms with Crippen LogP contribution in [0.3, 0.4) is 0 Å². The minimum Gasteiger partial charge on any atom is -0.484 e. The molecule has 1 unspecified atom stereocenters. The van der Waals surface area contributed by atoms with E-state index < -0.39 is 0 Å². The molecule has 0 spiro atoms. The SMILES string of the molecule is Cc1ccc(OCC(=O)NCC2Cn3cccc3C(=O)N2C)cc1. The van der Waals surface area contributed by atoms with Gasteiger partial charge in [-0.25, -0.2) is 0 Å². The number of hydrogen-bond donors (Lipinski definition) is 1. The summed E-state index contributed by atoms with van der Waals surface area (Å²) in [5.74, 6) is 0.439. The van der Waals surface area contributed by atoms with Crippen LogP contribution in [0.4, 0.5) is 0 Å². The van der Waals surface area contributed by atoms with Gasteiger partial charge in [0.1, 0.15) is 11.4 Å². The van der Waals surface area contributed by atoms with E-state index in [4.69, 9.17) is 4.74 Å². The van der Waals surface area contributed by atoms with Gasteiger partial charge in [0, 0.05) is 26.3 Å². The predicted molar refractivity (Wildman–Crippen MR) is 90.0 cm³/mol. The van der Waals surface area contributed by atoms with Crippen molar-refractivity contribution in [3.63, 3.8) is 0 Å². The van der Waals surface area contributed by atoms with Crippen molar-refractivity contribution < 1.29 is 14.3 Å². The van der Waals surface area contributed by atoms with Gasteiger partial charge in [0.15, 0.2) is 6.61 Å². The maximum atomic E-state index is 12.2. The summed E-state index contributed by atoms with van der Waals surface area (Å²) >= 11 is 0. The van der Waals surface area contributed by atoms with Gasteiger partial charge in [-0.3, -0.25) is 9.59 Å². The third kappa shape index (κ3) is 3.42. The summed E-state index contributed by atoms with van der Waals surface area (Å²) in [5, 5.41) is 2.84. The Morgan fingerprint density at radius 1 is 1.29 bits per heavy atom. The van der Waals surface area contributed by atoms with Crippen molar-refractivity contribution in [1.82, 2.24) is 14.8 Å². The average Bonchev–Trinajstić information content (AvgIpc) is 3.05. The fourth-order valence-corrected chi connectivity index (χ4v) is 2.73. The molecule has 0 radical (unpaired) electrons. The molecule has 1 atom stereocenters. The molecule has 0 bridgehead atoms. The lowest BCUT2D eigenvalue weighted by Crippen LogP contribution is -2.51. The van der Waals surface area contributed by atoms with Crippen molar-refractivity contribution in [2.75, 3.05) is 20.2 Å². The van der Waals surface area contributed by atoms with E-state index in [1.165, 1.54) is 0 Å². The summed E-state index contributed by atoms with van der Waals surface area (Å²) in [6.45, 7) is 3.02. The molecule has 2 amide bonds. The molecule has 2 aromatic rings. The Hall–Kier alpha value is -2.76. The molecule has 3 rings (SSSR count). The smallest absolute Gasteiger partial charge is 0.270 e. The van der Waals surface area contributed by atoms with Gasteiger partial charge in [-0.15, -0.1) is 0 Å². The molecule has 6 nitrogen and oxygen atoms in total. The molecule has 1 N–H and O–H groups in total. The molecule has 0 fully saturated rings. The maximum Gasteiger partial charge on any atom is 0.270 e. The topological polar surface area (TPSA) is 63.6 Å². The van der Waals surface area contributed by atoms with Crippen molar-refractivity contribution >= 4 is 11.8 Å². The summed E-state index contributed by atoms with van der Waals surface area (Å²) < 4.78 is 7.38. The van der Waals surface area contributed by atoms with Crippen molar-refractivity contribution in [3.8, 4) is 5.75 Å². The van der Waals surface area contributed by atoms with Crippen LogP contribution in [0.15, 0.2) is 42.6 Å². The zero-order valence-electron chi connectivity index (χ0n) is 13.9. The Morgan fingerprint density at radius 2 is 2.04 bits per heavy atom. The van der Waals surface area contributed by atoms with Gasteiger partial charge >= 0.3 is 0 Å². The number of hydrogen-bond acceptors (Lipinski definition) is 3. The van der Waals surface area contributed by atoms with Crippen LogP contribution < -0.4 is 10.1 Å². The zero-order chi connectivity index (χ0) is 17.1. The lowest BCUT2D eigenvalue weighted by atomic mass is 10.1. The van der Waals surface area contributed by atoms with E-state index >= 15 is 0 Å². The number of benzene rings is 1. The highest BCUT2D eigenvalue weighted by Gasteiger charge is 2.29. The lowest BCUT2D eigenvalue weighted by molar-refractivity contribution is -0.123. The van der Waals surface area contributed by atoms with Gasteiger partial charge in [0.2, 0.25) is 0 Å². The standard InChI is InChI=1S/C18H21N3O3/c1-13-5-7-15(8-6-13)24-12-17(22)19-10-14-11-21-9-3-4-16(21)18(23)20(14)2/h3-9,14H,10-12H2,1-2H3,(H,19,22). The minimum absolute atomic E-state index is 0.0265. The number of aromatic nitrogens is 1. The molecule has 1 aliphatic rings. The van der Waals surface area contributed by atoms with Crippen molar-refractivity contribution in [3.05, 3.63) is 53.9 Å². The Bertz CT molecular complexity index is 736. The number of likely N-dealkylation sites (N-methyl/N-ethyl adjacent to an activating group) is 1. The summed E-state index contributed by atoms with van der Waals surface area (Å²) in [6, 6.07) is 11.1. The van der Waals surface area contributed by atoms with E-state index in [2.05, 4.69) is 5.32 Å². The molecule has 2 heterocycles. The summed E-state index contributed by atoms with van der Waals surface area (Å²) in [4.78, 5) is 25.9. The second kappa shape index (κ2) is 6.78. The van der Waals surface area contributed by atoms with Crippen LogP contribution in [0.25, 0.3) is 0 Å². The largest absolute Gasteiger partial charge is 0.484 e. The Labute approximate surface area is 141 Å². The second-order valence-electron chi connectivity index (χ2n) is 6.02. The average molecular weight is 327 g/mol. The lowest BCUT2D eigenvalue weighted by Gasteiger charge is -2.33. The number of amides is 2. The van der Waals surface area contributed by atoms with E-state index in [1.807, 2.05) is 54.1 Å². The van der Waals surface area contributed by atoms with E-state index in [0.717, 1.165) is 5.56 Å². The molecule has 24 heavy (non-hydrogen) atoms. The van der Waals surface area contributed by atoms with E-state index in [-0.39, 0.29) is 24.5 Å². The second-order valence-corrected chi connectivity index (χ2v) is 6.02. The van der Waals surface area contributed by atoms with Crippen molar-refractivity contribution in [1.29, 1.82) is 0 Å². The zero-order valence-corrected chi connectivity index (χ0v) is 13.9. The fraction of sp³-hybridized carbons (Fsp3) is 0.333. The summed E-state index contributed by atoms with van der Waals surface area (Å²) in [7, 11) is 1.76. The fourth-order valence-electron chi connectivity index (χ4n) is 2.73. The third-order valence-corrected chi connectivity index (χ3v) is 4.25. The first-order valence-corrected chi connectivity index (χ1v) is 7.93. The Balaban J connectivity index is 1.49. The molecule has 1 aliphatic heterocycles. The van der Waals surface area contributed by atoms with Crippen LogP contribution in [0.2, 0.25) is 0 Å². The molecule has 1 aromatic carbocycles. The van der Waals surface area contributed by atoms with Gasteiger partial charge in [-0.1, -0.05) is 17.7 Å². The third-order valence-electron chi connectivity index (χ3n) is 4.25. The quantitative estimate of drug-likeness (QED) is 0.904. The van der Waals surface area contributed by atoms with E-state index in [0.29, 0.717) is 24.5 Å². The number of rotatable bonds is 5. The molecular formula is C18H21N3O3. The van der Waals surface area contributed by atoms with Crippen molar-refractivity contribution in [2.45, 2.75) is 19.5 Å². The van der Waals surface area contributed by atoms with E-state index in [1.54, 1.807) is 11.9 Å². The first-order chi connectivity index (χ1) is 11.5. The monoisotopic (exact) mass is 327 g/mol. The van der Waals surface area contributed by atoms with Gasteiger partial charge in [0.25, 0.3) is 11.8 Å². The number of aryl methyl sites for hydroxylation is 1. The minimum atomic E-state index is -0.199. The van der Waals surface area contributed by atoms with Gasteiger partial charge in [-0.2, -0.15) is 0 Å². The predicted octanol–water partition coefficient (Wildman–Crippen LogP) is 1.45.